The highest BCUT2D eigenvalue weighted by molar-refractivity contribution is 4.93. The molecule has 11 heavy (non-hydrogen) atoms. The minimum atomic E-state index is -2.61. The third kappa shape index (κ3) is 7.48. The smallest absolute Gasteiger partial charge is 0.275 e. The summed E-state index contributed by atoms with van der Waals surface area (Å²) in [7, 11) is 0. The van der Waals surface area contributed by atoms with Crippen molar-refractivity contribution in [2.75, 3.05) is 6.61 Å². The number of hydrogen-bond donors (Lipinski definition) is 4. The Hall–Kier alpha value is -0.420. The van der Waals surface area contributed by atoms with Crippen LogP contribution in [0.1, 0.15) is 19.3 Å². The molecule has 0 saturated heterocycles. The maximum Gasteiger partial charge on any atom is 0.275 e. The Kier molecular flexibility index (Phi) is 4.29. The van der Waals surface area contributed by atoms with Crippen LogP contribution < -0.4 is 0 Å². The Labute approximate surface area is 65.4 Å². The predicted octanol–water partition coefficient (Wildman–Crippen LogP) is -0.664. The normalized spacial score (nSPS) is 11.6. The molecule has 0 spiro atoms. The Bertz CT molecular complexity index is 125. The topological polar surface area (TPSA) is 80.9 Å². The highest BCUT2D eigenvalue weighted by Gasteiger charge is 2.17. The van der Waals surface area contributed by atoms with Crippen molar-refractivity contribution in [2.45, 2.75) is 25.2 Å². The van der Waals surface area contributed by atoms with Crippen molar-refractivity contribution < 1.29 is 20.4 Å². The fourth-order valence-electron chi connectivity index (χ4n) is 0.628. The van der Waals surface area contributed by atoms with E-state index >= 15 is 0 Å². The molecule has 0 rings (SSSR count). The second kappa shape index (κ2) is 4.46. The molecule has 4 heteroatoms. The summed E-state index contributed by atoms with van der Waals surface area (Å²) in [6.07, 6.45) is 0.548. The van der Waals surface area contributed by atoms with Crippen molar-refractivity contribution in [1.29, 1.82) is 0 Å². The monoisotopic (exact) mass is 162 g/mol. The van der Waals surface area contributed by atoms with Crippen molar-refractivity contribution in [3.8, 4) is 0 Å². The number of rotatable bonds is 5. The summed E-state index contributed by atoms with van der Waals surface area (Å²) >= 11 is 0. The molecular formula is C7H14O4. The van der Waals surface area contributed by atoms with Gasteiger partial charge in [-0.2, -0.15) is 0 Å². The van der Waals surface area contributed by atoms with Gasteiger partial charge in [0, 0.05) is 13.0 Å². The lowest BCUT2D eigenvalue weighted by atomic mass is 10.1. The Balaban J connectivity index is 3.46. The molecule has 0 aliphatic carbocycles. The van der Waals surface area contributed by atoms with Gasteiger partial charge < -0.3 is 20.4 Å². The van der Waals surface area contributed by atoms with Crippen LogP contribution in [0.25, 0.3) is 0 Å². The standard InChI is InChI=1S/C7H14O4/c1-6(3-5-8)2-4-7(9,10)11/h8-11H,1-5H2. The molecule has 0 fully saturated rings. The van der Waals surface area contributed by atoms with Crippen LogP contribution in [0.3, 0.4) is 0 Å². The van der Waals surface area contributed by atoms with Gasteiger partial charge in [0.1, 0.15) is 0 Å². The molecular weight excluding hydrogens is 148 g/mol. The Morgan fingerprint density at radius 3 is 2.09 bits per heavy atom. The van der Waals surface area contributed by atoms with E-state index in [1.54, 1.807) is 0 Å². The van der Waals surface area contributed by atoms with E-state index in [1.807, 2.05) is 0 Å². The minimum absolute atomic E-state index is 0.00583. The maximum atomic E-state index is 8.44. The molecule has 0 atom stereocenters. The van der Waals surface area contributed by atoms with Crippen LogP contribution in [-0.2, 0) is 0 Å². The van der Waals surface area contributed by atoms with E-state index < -0.39 is 5.97 Å². The second-order valence-corrected chi connectivity index (χ2v) is 2.50. The summed E-state index contributed by atoms with van der Waals surface area (Å²) < 4.78 is 0. The third-order valence-electron chi connectivity index (χ3n) is 1.28. The SMILES string of the molecule is C=C(CCO)CCC(O)(O)O. The summed E-state index contributed by atoms with van der Waals surface area (Å²) in [5.74, 6) is -2.61. The highest BCUT2D eigenvalue weighted by Crippen LogP contribution is 2.12. The fourth-order valence-corrected chi connectivity index (χ4v) is 0.628. The van der Waals surface area contributed by atoms with Crippen LogP contribution in [0.4, 0.5) is 0 Å². The quantitative estimate of drug-likeness (QED) is 0.319. The van der Waals surface area contributed by atoms with Gasteiger partial charge in [-0.1, -0.05) is 12.2 Å². The van der Waals surface area contributed by atoms with Crippen molar-refractivity contribution in [1.82, 2.24) is 0 Å². The van der Waals surface area contributed by atoms with Crippen molar-refractivity contribution in [3.63, 3.8) is 0 Å². The van der Waals surface area contributed by atoms with E-state index in [0.717, 1.165) is 0 Å². The van der Waals surface area contributed by atoms with E-state index in [0.29, 0.717) is 18.4 Å². The summed E-state index contributed by atoms with van der Waals surface area (Å²) in [4.78, 5) is 0. The first-order chi connectivity index (χ1) is 4.95. The average molecular weight is 162 g/mol. The second-order valence-electron chi connectivity index (χ2n) is 2.50. The summed E-state index contributed by atoms with van der Waals surface area (Å²) in [6.45, 7) is 3.55. The zero-order valence-corrected chi connectivity index (χ0v) is 6.32. The van der Waals surface area contributed by atoms with E-state index in [4.69, 9.17) is 20.4 Å². The lowest BCUT2D eigenvalue weighted by molar-refractivity contribution is -0.314. The molecule has 66 valence electrons. The molecule has 0 saturated carbocycles. The predicted molar refractivity (Wildman–Crippen MR) is 39.5 cm³/mol. The van der Waals surface area contributed by atoms with Crippen LogP contribution in [0, 0.1) is 0 Å². The molecule has 0 aromatic heterocycles. The largest absolute Gasteiger partial charge is 0.396 e. The highest BCUT2D eigenvalue weighted by atomic mass is 16.7. The van der Waals surface area contributed by atoms with Gasteiger partial charge in [0.25, 0.3) is 5.97 Å². The molecule has 0 radical (unpaired) electrons. The number of aliphatic hydroxyl groups is 4. The first kappa shape index (κ1) is 10.6. The number of hydrogen-bond acceptors (Lipinski definition) is 4. The van der Waals surface area contributed by atoms with Crippen LogP contribution in [0.5, 0.6) is 0 Å². The van der Waals surface area contributed by atoms with Crippen LogP contribution >= 0.6 is 0 Å². The van der Waals surface area contributed by atoms with Gasteiger partial charge in [-0.3, -0.25) is 0 Å². The molecule has 0 aromatic rings. The van der Waals surface area contributed by atoms with Crippen LogP contribution in [0.15, 0.2) is 12.2 Å². The molecule has 0 heterocycles. The van der Waals surface area contributed by atoms with Crippen molar-refractivity contribution in [3.05, 3.63) is 12.2 Å². The van der Waals surface area contributed by atoms with Crippen LogP contribution in [-0.4, -0.2) is 33.0 Å². The van der Waals surface area contributed by atoms with Gasteiger partial charge >= 0.3 is 0 Å². The minimum Gasteiger partial charge on any atom is -0.396 e. The van der Waals surface area contributed by atoms with Gasteiger partial charge in [-0.15, -0.1) is 0 Å². The van der Waals surface area contributed by atoms with E-state index in [-0.39, 0.29) is 13.0 Å². The molecule has 0 aromatic carbocycles. The molecule has 4 nitrogen and oxygen atoms in total. The first-order valence-corrected chi connectivity index (χ1v) is 3.40. The van der Waals surface area contributed by atoms with Gasteiger partial charge in [0.2, 0.25) is 0 Å². The van der Waals surface area contributed by atoms with E-state index in [9.17, 15) is 0 Å². The van der Waals surface area contributed by atoms with Crippen molar-refractivity contribution in [2.24, 2.45) is 0 Å². The summed E-state index contributed by atoms with van der Waals surface area (Å²) in [6, 6.07) is 0. The molecule has 0 aliphatic rings. The number of aliphatic hydroxyl groups excluding tert-OH is 1. The van der Waals surface area contributed by atoms with E-state index in [1.165, 1.54) is 0 Å². The lowest BCUT2D eigenvalue weighted by Crippen LogP contribution is -2.26. The van der Waals surface area contributed by atoms with Gasteiger partial charge in [0.15, 0.2) is 0 Å². The van der Waals surface area contributed by atoms with Gasteiger partial charge in [-0.25, -0.2) is 0 Å². The van der Waals surface area contributed by atoms with Crippen molar-refractivity contribution >= 4 is 0 Å². The molecule has 0 aliphatic heterocycles. The zero-order valence-electron chi connectivity index (χ0n) is 6.32. The molecule has 0 amide bonds. The van der Waals surface area contributed by atoms with Gasteiger partial charge in [-0.05, 0) is 12.8 Å². The zero-order chi connectivity index (χ0) is 8.91. The average Bonchev–Trinajstić information content (AvgIpc) is 1.83. The maximum absolute atomic E-state index is 8.44. The molecule has 4 N–H and O–H groups in total. The third-order valence-corrected chi connectivity index (χ3v) is 1.28. The lowest BCUT2D eigenvalue weighted by Gasteiger charge is -2.13. The Morgan fingerprint density at radius 1 is 1.18 bits per heavy atom. The first-order valence-electron chi connectivity index (χ1n) is 3.40. The summed E-state index contributed by atoms with van der Waals surface area (Å²) in [5, 5.41) is 33.7. The molecule has 0 bridgehead atoms. The van der Waals surface area contributed by atoms with E-state index in [2.05, 4.69) is 6.58 Å². The van der Waals surface area contributed by atoms with Gasteiger partial charge in [0.05, 0.1) is 0 Å². The van der Waals surface area contributed by atoms with Crippen LogP contribution in [0.2, 0.25) is 0 Å². The Morgan fingerprint density at radius 2 is 1.73 bits per heavy atom. The molecule has 0 unspecified atom stereocenters. The summed E-state index contributed by atoms with van der Waals surface area (Å²) in [5.41, 5.74) is 0.689. The fraction of sp³-hybridized carbons (Fsp3) is 0.714.